The number of nitrogens with zero attached hydrogens (tertiary/aromatic N) is 1. The summed E-state index contributed by atoms with van der Waals surface area (Å²) in [5.74, 6) is -0.814. The SMILES string of the molecule is CC[N+](CC)(CC)O[P+]([O-])(C[C@H]1O[C@H](COC(C)=O)[C@@H](OCc2ccccc2)[C@H](OCc2ccccc2)[C@@H]1NC(C)=O)OC. The topological polar surface area (TPSA) is 125 Å². The van der Waals surface area contributed by atoms with Crippen LogP contribution < -0.4 is 10.2 Å². The number of esters is 1. The zero-order chi connectivity index (χ0) is 32.2. The van der Waals surface area contributed by atoms with Gasteiger partial charge in [-0.2, -0.15) is 0 Å². The quantitative estimate of drug-likeness (QED) is 0.120. The van der Waals surface area contributed by atoms with E-state index in [1.165, 1.54) is 21.0 Å². The smallest absolute Gasteiger partial charge is 0.308 e. The average molecular weight is 636 g/mol. The molecule has 244 valence electrons. The maximum Gasteiger partial charge on any atom is 0.308 e. The van der Waals surface area contributed by atoms with Gasteiger partial charge in [0.15, 0.2) is 0 Å². The second-order valence-electron chi connectivity index (χ2n) is 10.8. The predicted octanol–water partition coefficient (Wildman–Crippen LogP) is 3.57. The maximum atomic E-state index is 14.2. The van der Waals surface area contributed by atoms with E-state index >= 15 is 0 Å². The monoisotopic (exact) mass is 635 g/mol. The van der Waals surface area contributed by atoms with Crippen LogP contribution in [-0.4, -0.2) is 86.5 Å². The first-order valence-electron chi connectivity index (χ1n) is 15.2. The molecule has 6 atom stereocenters. The first kappa shape index (κ1) is 36.0. The zero-order valence-electron chi connectivity index (χ0n) is 26.7. The van der Waals surface area contributed by atoms with Crippen LogP contribution in [0.2, 0.25) is 0 Å². The Kier molecular flexibility index (Phi) is 14.1. The Bertz CT molecular complexity index is 1150. The molecule has 1 fully saturated rings. The average Bonchev–Trinajstić information content (AvgIpc) is 3.03. The van der Waals surface area contributed by atoms with Gasteiger partial charge in [-0.15, -0.1) is 4.65 Å². The second-order valence-corrected chi connectivity index (χ2v) is 12.9. The standard InChI is InChI=1S/C32H47N2O9P/c1-7-34(8-2,9-3)43-44(37,38-6)23-29-30(33-24(4)35)32(41-21-27-18-14-11-15-19-27)31(28(42-29)22-39-25(5)36)40-20-26-16-12-10-13-17-26/h10-19,28-32H,7-9,20-23H2,1-6H3/p+1/t28-,29-,30-,31-,32-,44?/m1/s1. The van der Waals surface area contributed by atoms with Crippen molar-refractivity contribution in [2.75, 3.05) is 39.5 Å². The molecule has 1 aliphatic heterocycles. The maximum absolute atomic E-state index is 14.2. The number of nitrogens with one attached hydrogen (secondary N) is 1. The number of benzene rings is 2. The minimum absolute atomic E-state index is 0.121. The summed E-state index contributed by atoms with van der Waals surface area (Å²) in [4.78, 5) is 38.7. The van der Waals surface area contributed by atoms with Crippen molar-refractivity contribution >= 4 is 19.8 Å². The molecule has 3 rings (SSSR count). The molecule has 2 aromatic rings. The molecule has 0 bridgehead atoms. The summed E-state index contributed by atoms with van der Waals surface area (Å²) >= 11 is 0. The molecular formula is C32H48N2O9P+. The predicted molar refractivity (Wildman–Crippen MR) is 165 cm³/mol. The summed E-state index contributed by atoms with van der Waals surface area (Å²) in [6.45, 7) is 10.6. The summed E-state index contributed by atoms with van der Waals surface area (Å²) in [6.07, 6.45) is -3.44. The Balaban J connectivity index is 2.02. The molecule has 0 radical (unpaired) electrons. The highest BCUT2D eigenvalue weighted by Crippen LogP contribution is 2.55. The molecule has 1 N–H and O–H groups in total. The molecule has 1 aliphatic rings. The highest BCUT2D eigenvalue weighted by molar-refractivity contribution is 7.59. The number of hydroxylamine groups is 3. The van der Waals surface area contributed by atoms with Crippen molar-refractivity contribution < 1.29 is 47.2 Å². The highest BCUT2D eigenvalue weighted by atomic mass is 31.2. The van der Waals surface area contributed by atoms with Crippen molar-refractivity contribution in [3.63, 3.8) is 0 Å². The minimum Gasteiger partial charge on any atom is -0.627 e. The lowest BCUT2D eigenvalue weighted by Crippen LogP contribution is -2.66. The van der Waals surface area contributed by atoms with Crippen LogP contribution in [0.1, 0.15) is 45.7 Å². The van der Waals surface area contributed by atoms with Gasteiger partial charge in [-0.05, 0) is 36.5 Å². The lowest BCUT2D eigenvalue weighted by molar-refractivity contribution is -1.08. The van der Waals surface area contributed by atoms with Crippen LogP contribution in [-0.2, 0) is 50.9 Å². The Hall–Kier alpha value is -2.47. The molecule has 11 nitrogen and oxygen atoms in total. The third-order valence-corrected chi connectivity index (χ3v) is 9.85. The molecule has 2 aromatic carbocycles. The van der Waals surface area contributed by atoms with E-state index in [1.54, 1.807) is 0 Å². The van der Waals surface area contributed by atoms with Crippen LogP contribution in [0.25, 0.3) is 0 Å². The number of carbonyl (C=O) groups excluding carboxylic acids is 2. The van der Waals surface area contributed by atoms with Gasteiger partial charge in [-0.3, -0.25) is 9.59 Å². The summed E-state index contributed by atoms with van der Waals surface area (Å²) in [6, 6.07) is 18.4. The summed E-state index contributed by atoms with van der Waals surface area (Å²) in [7, 11) is -2.43. The van der Waals surface area contributed by atoms with E-state index in [-0.39, 0.29) is 36.5 Å². The third kappa shape index (κ3) is 10.3. The Morgan fingerprint density at radius 2 is 1.39 bits per heavy atom. The van der Waals surface area contributed by atoms with Gasteiger partial charge in [0.05, 0.1) is 26.4 Å². The van der Waals surface area contributed by atoms with Gasteiger partial charge < -0.3 is 29.2 Å². The van der Waals surface area contributed by atoms with Crippen molar-refractivity contribution in [1.82, 2.24) is 5.32 Å². The van der Waals surface area contributed by atoms with E-state index < -0.39 is 44.4 Å². The second kappa shape index (κ2) is 17.3. The summed E-state index contributed by atoms with van der Waals surface area (Å²) < 4.78 is 36.8. The fraction of sp³-hybridized carbons (Fsp3) is 0.562. The molecule has 0 saturated carbocycles. The van der Waals surface area contributed by atoms with E-state index in [4.69, 9.17) is 28.1 Å². The van der Waals surface area contributed by atoms with Crippen LogP contribution in [0.15, 0.2) is 60.7 Å². The van der Waals surface area contributed by atoms with Crippen LogP contribution in [0, 0.1) is 0 Å². The first-order valence-corrected chi connectivity index (χ1v) is 16.9. The Labute approximate surface area is 261 Å². The number of carbonyl (C=O) groups is 2. The number of amides is 1. The minimum atomic E-state index is -3.78. The van der Waals surface area contributed by atoms with Crippen LogP contribution in [0.5, 0.6) is 0 Å². The molecule has 12 heteroatoms. The van der Waals surface area contributed by atoms with Gasteiger partial charge in [0.2, 0.25) is 5.91 Å². The first-order chi connectivity index (χ1) is 21.1. The van der Waals surface area contributed by atoms with Crippen LogP contribution >= 0.6 is 7.94 Å². The van der Waals surface area contributed by atoms with Gasteiger partial charge in [0.1, 0.15) is 56.8 Å². The number of hydrogen-bond donors (Lipinski definition) is 1. The lowest BCUT2D eigenvalue weighted by Gasteiger charge is -2.47. The molecule has 1 unspecified atom stereocenters. The van der Waals surface area contributed by atoms with E-state index in [1.807, 2.05) is 81.4 Å². The zero-order valence-corrected chi connectivity index (χ0v) is 27.6. The molecule has 1 saturated heterocycles. The molecule has 44 heavy (non-hydrogen) atoms. The number of rotatable bonds is 17. The molecular weight excluding hydrogens is 587 g/mol. The van der Waals surface area contributed by atoms with E-state index in [0.29, 0.717) is 19.6 Å². The summed E-state index contributed by atoms with van der Waals surface area (Å²) in [5, 5.41) is 2.97. The van der Waals surface area contributed by atoms with Crippen molar-refractivity contribution in [3.8, 4) is 0 Å². The molecule has 0 spiro atoms. The van der Waals surface area contributed by atoms with Gasteiger partial charge in [-0.25, -0.2) is 4.52 Å². The van der Waals surface area contributed by atoms with Gasteiger partial charge in [0, 0.05) is 13.8 Å². The van der Waals surface area contributed by atoms with Crippen molar-refractivity contribution in [3.05, 3.63) is 71.8 Å². The van der Waals surface area contributed by atoms with E-state index in [2.05, 4.69) is 5.32 Å². The molecule has 0 aliphatic carbocycles. The third-order valence-electron chi connectivity index (χ3n) is 7.89. The van der Waals surface area contributed by atoms with Crippen molar-refractivity contribution in [1.29, 1.82) is 0 Å². The largest absolute Gasteiger partial charge is 0.627 e. The number of hydrogen-bond acceptors (Lipinski definition) is 9. The summed E-state index contributed by atoms with van der Waals surface area (Å²) in [5.41, 5.74) is 1.83. The van der Waals surface area contributed by atoms with Crippen LogP contribution in [0.4, 0.5) is 0 Å². The Morgan fingerprint density at radius 1 is 0.864 bits per heavy atom. The van der Waals surface area contributed by atoms with Gasteiger partial charge >= 0.3 is 13.9 Å². The van der Waals surface area contributed by atoms with Gasteiger partial charge in [-0.1, -0.05) is 60.7 Å². The number of quaternary nitrogens is 1. The fourth-order valence-corrected chi connectivity index (χ4v) is 7.23. The van der Waals surface area contributed by atoms with E-state index in [9.17, 15) is 14.5 Å². The molecule has 1 amide bonds. The van der Waals surface area contributed by atoms with E-state index in [0.717, 1.165) is 11.1 Å². The van der Waals surface area contributed by atoms with Gasteiger partial charge in [0.25, 0.3) is 0 Å². The number of ether oxygens (including phenoxy) is 4. The highest BCUT2D eigenvalue weighted by Gasteiger charge is 2.54. The van der Waals surface area contributed by atoms with Crippen molar-refractivity contribution in [2.24, 2.45) is 0 Å². The Morgan fingerprint density at radius 3 is 1.84 bits per heavy atom. The van der Waals surface area contributed by atoms with Crippen LogP contribution in [0.3, 0.4) is 0 Å². The molecule has 0 aromatic heterocycles. The molecule has 1 heterocycles. The lowest BCUT2D eigenvalue weighted by atomic mass is 9.92. The van der Waals surface area contributed by atoms with Crippen molar-refractivity contribution in [2.45, 2.75) is 78.3 Å². The normalized spacial score (nSPS) is 23.5. The fourth-order valence-electron chi connectivity index (χ4n) is 5.32.